The van der Waals surface area contributed by atoms with Crippen molar-refractivity contribution in [2.24, 2.45) is 4.99 Å². The molecule has 0 saturated heterocycles. The molecule has 6 heteroatoms. The Morgan fingerprint density at radius 3 is 2.72 bits per heavy atom. The molecule has 6 nitrogen and oxygen atoms in total. The molecule has 3 rings (SSSR count). The van der Waals surface area contributed by atoms with Crippen LogP contribution < -0.4 is 20.7 Å². The van der Waals surface area contributed by atoms with Crippen LogP contribution in [0.15, 0.2) is 47.5 Å². The van der Waals surface area contributed by atoms with Gasteiger partial charge in [-0.25, -0.2) is 4.99 Å². The number of hydrogen-bond acceptors (Lipinski definition) is 3. The molecule has 0 aliphatic carbocycles. The molecular formula is C23H30N4O2. The molecule has 1 aliphatic heterocycles. The van der Waals surface area contributed by atoms with Crippen LogP contribution in [0, 0.1) is 0 Å². The van der Waals surface area contributed by atoms with E-state index in [1.54, 1.807) is 0 Å². The van der Waals surface area contributed by atoms with Crippen LogP contribution >= 0.6 is 0 Å². The van der Waals surface area contributed by atoms with Crippen LogP contribution in [0.2, 0.25) is 0 Å². The minimum absolute atomic E-state index is 0.0527. The van der Waals surface area contributed by atoms with Crippen molar-refractivity contribution < 1.29 is 9.53 Å². The third-order valence-electron chi connectivity index (χ3n) is 4.75. The smallest absolute Gasteiger partial charge is 0.251 e. The normalized spacial score (nSPS) is 12.8. The second kappa shape index (κ2) is 10.5. The first kappa shape index (κ1) is 20.7. The van der Waals surface area contributed by atoms with Crippen molar-refractivity contribution in [3.05, 3.63) is 64.7 Å². The molecule has 1 amide bonds. The predicted molar refractivity (Wildman–Crippen MR) is 117 cm³/mol. The molecular weight excluding hydrogens is 364 g/mol. The summed E-state index contributed by atoms with van der Waals surface area (Å²) in [6, 6.07) is 14.0. The lowest BCUT2D eigenvalue weighted by atomic mass is 10.1. The van der Waals surface area contributed by atoms with Crippen molar-refractivity contribution in [2.75, 3.05) is 26.2 Å². The van der Waals surface area contributed by atoms with Crippen LogP contribution in [0.1, 0.15) is 40.9 Å². The standard InChI is InChI=1S/C23H30N4O2/c1-3-24-22(28)20-7-5-6-18(15-20)16-27-23(25-4-2)26-12-10-17-8-9-21-19(14-17)11-13-29-21/h5-9,14-15H,3-4,10-13,16H2,1-2H3,(H,24,28)(H2,25,26,27). The Morgan fingerprint density at radius 2 is 1.90 bits per heavy atom. The number of carbonyl (C=O) groups is 1. The average Bonchev–Trinajstić information content (AvgIpc) is 3.20. The highest BCUT2D eigenvalue weighted by molar-refractivity contribution is 5.94. The molecule has 0 bridgehead atoms. The summed E-state index contributed by atoms with van der Waals surface area (Å²) in [4.78, 5) is 16.7. The van der Waals surface area contributed by atoms with Gasteiger partial charge in [0.2, 0.25) is 0 Å². The van der Waals surface area contributed by atoms with Gasteiger partial charge in [0.15, 0.2) is 5.96 Å². The number of nitrogens with one attached hydrogen (secondary N) is 3. The first-order chi connectivity index (χ1) is 14.2. The van der Waals surface area contributed by atoms with Crippen LogP contribution in [-0.4, -0.2) is 38.1 Å². The zero-order valence-electron chi connectivity index (χ0n) is 17.3. The SMILES string of the molecule is CCNC(=O)c1cccc(CN=C(NCC)NCCc2ccc3c(c2)CCO3)c1. The number of carbonyl (C=O) groups excluding carboxylic acids is 1. The van der Waals surface area contributed by atoms with Crippen molar-refractivity contribution in [2.45, 2.75) is 33.2 Å². The van der Waals surface area contributed by atoms with E-state index in [2.05, 4.69) is 39.1 Å². The molecule has 0 spiro atoms. The molecule has 3 N–H and O–H groups in total. The van der Waals surface area contributed by atoms with Gasteiger partial charge in [0.05, 0.1) is 13.2 Å². The van der Waals surface area contributed by atoms with Gasteiger partial charge in [0, 0.05) is 31.6 Å². The zero-order valence-corrected chi connectivity index (χ0v) is 17.3. The van der Waals surface area contributed by atoms with Crippen LogP contribution in [0.4, 0.5) is 0 Å². The number of aliphatic imine (C=N–C) groups is 1. The fraction of sp³-hybridized carbons (Fsp3) is 0.391. The first-order valence-corrected chi connectivity index (χ1v) is 10.3. The van der Waals surface area contributed by atoms with E-state index in [1.165, 1.54) is 11.1 Å². The summed E-state index contributed by atoms with van der Waals surface area (Å²) in [5, 5.41) is 9.50. The van der Waals surface area contributed by atoms with Crippen molar-refractivity contribution in [3.63, 3.8) is 0 Å². The monoisotopic (exact) mass is 394 g/mol. The van der Waals surface area contributed by atoms with Crippen LogP contribution in [0.5, 0.6) is 5.75 Å². The Balaban J connectivity index is 1.55. The van der Waals surface area contributed by atoms with Gasteiger partial charge in [-0.15, -0.1) is 0 Å². The maximum absolute atomic E-state index is 12.0. The molecule has 29 heavy (non-hydrogen) atoms. The van der Waals surface area contributed by atoms with E-state index in [4.69, 9.17) is 4.74 Å². The van der Waals surface area contributed by atoms with E-state index >= 15 is 0 Å². The molecule has 154 valence electrons. The number of ether oxygens (including phenoxy) is 1. The van der Waals surface area contributed by atoms with E-state index in [1.807, 2.05) is 38.1 Å². The number of benzene rings is 2. The maximum atomic E-state index is 12.0. The fourth-order valence-electron chi connectivity index (χ4n) is 3.31. The van der Waals surface area contributed by atoms with Gasteiger partial charge >= 0.3 is 0 Å². The lowest BCUT2D eigenvalue weighted by Crippen LogP contribution is -2.38. The Bertz CT molecular complexity index is 864. The Kier molecular flexibility index (Phi) is 7.50. The lowest BCUT2D eigenvalue weighted by Gasteiger charge is -2.12. The molecule has 2 aromatic carbocycles. The van der Waals surface area contributed by atoms with Gasteiger partial charge < -0.3 is 20.7 Å². The molecule has 2 aromatic rings. The molecule has 0 fully saturated rings. The van der Waals surface area contributed by atoms with E-state index in [9.17, 15) is 4.79 Å². The van der Waals surface area contributed by atoms with E-state index < -0.39 is 0 Å². The number of amides is 1. The van der Waals surface area contributed by atoms with Crippen molar-refractivity contribution in [1.29, 1.82) is 0 Å². The third-order valence-corrected chi connectivity index (χ3v) is 4.75. The minimum Gasteiger partial charge on any atom is -0.493 e. The van der Waals surface area contributed by atoms with E-state index in [0.29, 0.717) is 18.7 Å². The predicted octanol–water partition coefficient (Wildman–Crippen LogP) is 2.67. The summed E-state index contributed by atoms with van der Waals surface area (Å²) >= 11 is 0. The van der Waals surface area contributed by atoms with Gasteiger partial charge in [0.25, 0.3) is 5.91 Å². The quantitative estimate of drug-likeness (QED) is 0.475. The zero-order chi connectivity index (χ0) is 20.5. The van der Waals surface area contributed by atoms with Crippen molar-refractivity contribution in [3.8, 4) is 5.75 Å². The summed E-state index contributed by atoms with van der Waals surface area (Å²) < 4.78 is 5.57. The Labute approximate surface area is 172 Å². The number of rotatable bonds is 8. The summed E-state index contributed by atoms with van der Waals surface area (Å²) in [7, 11) is 0. The van der Waals surface area contributed by atoms with Gasteiger partial charge in [-0.2, -0.15) is 0 Å². The Morgan fingerprint density at radius 1 is 1.03 bits per heavy atom. The van der Waals surface area contributed by atoms with Crippen molar-refractivity contribution in [1.82, 2.24) is 16.0 Å². The first-order valence-electron chi connectivity index (χ1n) is 10.3. The largest absolute Gasteiger partial charge is 0.493 e. The van der Waals surface area contributed by atoms with E-state index in [0.717, 1.165) is 49.8 Å². The topological polar surface area (TPSA) is 74.8 Å². The summed E-state index contributed by atoms with van der Waals surface area (Å²) in [5.41, 5.74) is 4.27. The van der Waals surface area contributed by atoms with E-state index in [-0.39, 0.29) is 5.91 Å². The van der Waals surface area contributed by atoms with Crippen LogP contribution in [0.3, 0.4) is 0 Å². The highest BCUT2D eigenvalue weighted by Crippen LogP contribution is 2.25. The van der Waals surface area contributed by atoms with Gasteiger partial charge in [-0.05, 0) is 55.2 Å². The average molecular weight is 395 g/mol. The molecule has 1 aliphatic rings. The summed E-state index contributed by atoms with van der Waals surface area (Å²) in [5.74, 6) is 1.75. The molecule has 0 aromatic heterocycles. The molecule has 0 unspecified atom stereocenters. The number of hydrogen-bond donors (Lipinski definition) is 3. The van der Waals surface area contributed by atoms with Gasteiger partial charge in [0.1, 0.15) is 5.75 Å². The second-order valence-electron chi connectivity index (χ2n) is 6.97. The molecule has 0 atom stereocenters. The maximum Gasteiger partial charge on any atom is 0.251 e. The van der Waals surface area contributed by atoms with Crippen LogP contribution in [0.25, 0.3) is 0 Å². The molecule has 0 radical (unpaired) electrons. The van der Waals surface area contributed by atoms with Gasteiger partial charge in [-0.1, -0.05) is 24.3 Å². The molecule has 0 saturated carbocycles. The fourth-order valence-corrected chi connectivity index (χ4v) is 3.31. The highest BCUT2D eigenvalue weighted by atomic mass is 16.5. The highest BCUT2D eigenvalue weighted by Gasteiger charge is 2.11. The summed E-state index contributed by atoms with van der Waals surface area (Å²) in [6.45, 7) is 7.47. The van der Waals surface area contributed by atoms with Crippen molar-refractivity contribution >= 4 is 11.9 Å². The van der Waals surface area contributed by atoms with Crippen LogP contribution in [-0.2, 0) is 19.4 Å². The van der Waals surface area contributed by atoms with Gasteiger partial charge in [-0.3, -0.25) is 4.79 Å². The summed E-state index contributed by atoms with van der Waals surface area (Å²) in [6.07, 6.45) is 1.92. The second-order valence-corrected chi connectivity index (χ2v) is 6.97. The third kappa shape index (κ3) is 5.98. The number of nitrogens with zero attached hydrogens (tertiary/aromatic N) is 1. The Hall–Kier alpha value is -3.02. The minimum atomic E-state index is -0.0527. The molecule has 1 heterocycles. The number of fused-ring (bicyclic) bond motifs is 1. The lowest BCUT2D eigenvalue weighted by molar-refractivity contribution is 0.0955. The number of guanidine groups is 1.